The number of nitrogens with zero attached hydrogens (tertiary/aromatic N) is 2. The predicted molar refractivity (Wildman–Crippen MR) is 76.6 cm³/mol. The largest absolute Gasteiger partial charge is 0.508 e. The lowest BCUT2D eigenvalue weighted by Gasteiger charge is -2.27. The van der Waals surface area contributed by atoms with E-state index in [1.54, 1.807) is 12.1 Å². The second-order valence-corrected chi connectivity index (χ2v) is 5.34. The first kappa shape index (κ1) is 10.7. The average Bonchev–Trinajstić information content (AvgIpc) is 2.73. The molecule has 0 unspecified atom stereocenters. The summed E-state index contributed by atoms with van der Waals surface area (Å²) in [4.78, 5) is 4.31. The zero-order valence-electron chi connectivity index (χ0n) is 9.05. The summed E-state index contributed by atoms with van der Waals surface area (Å²) in [6, 6.07) is 7.23. The number of hydrogen-bond acceptors (Lipinski definition) is 3. The van der Waals surface area contributed by atoms with E-state index in [0.29, 0.717) is 5.75 Å². The van der Waals surface area contributed by atoms with Crippen molar-refractivity contribution in [1.29, 1.82) is 0 Å². The van der Waals surface area contributed by atoms with Crippen molar-refractivity contribution in [2.75, 3.05) is 11.4 Å². The maximum Gasteiger partial charge on any atom is 0.117 e. The molecule has 3 nitrogen and oxygen atoms in total. The predicted octanol–water partition coefficient (Wildman–Crippen LogP) is 3.16. The van der Waals surface area contributed by atoms with Crippen LogP contribution in [-0.2, 0) is 0 Å². The van der Waals surface area contributed by atoms with Crippen LogP contribution in [0.3, 0.4) is 0 Å². The van der Waals surface area contributed by atoms with Crippen molar-refractivity contribution >= 4 is 28.3 Å². The minimum Gasteiger partial charge on any atom is -0.508 e. The lowest BCUT2D eigenvalue weighted by atomic mass is 10.2. The van der Waals surface area contributed by atoms with E-state index in [1.165, 1.54) is 3.58 Å². The number of fused-ring (bicyclic) bond motifs is 1. The Morgan fingerprint density at radius 1 is 1.06 bits per heavy atom. The smallest absolute Gasteiger partial charge is 0.117 e. The molecule has 0 spiro atoms. The summed E-state index contributed by atoms with van der Waals surface area (Å²) in [5, 5.41) is 9.29. The van der Waals surface area contributed by atoms with Crippen LogP contribution in [0.5, 0.6) is 5.75 Å². The van der Waals surface area contributed by atoms with Gasteiger partial charge in [0.25, 0.3) is 0 Å². The molecule has 0 aromatic heterocycles. The van der Waals surface area contributed by atoms with Crippen LogP contribution in [0.2, 0.25) is 0 Å². The molecule has 1 aromatic carbocycles. The van der Waals surface area contributed by atoms with Crippen LogP contribution in [-0.4, -0.2) is 16.6 Å². The Kier molecular flexibility index (Phi) is 2.58. The van der Waals surface area contributed by atoms with Gasteiger partial charge in [-0.1, -0.05) is 0 Å². The fraction of sp³-hybridized carbons (Fsp3) is 0.0769. The van der Waals surface area contributed by atoms with Gasteiger partial charge in [0.15, 0.2) is 0 Å². The Hall–Kier alpha value is -1.43. The molecule has 17 heavy (non-hydrogen) atoms. The van der Waals surface area contributed by atoms with Gasteiger partial charge in [0.05, 0.1) is 6.54 Å². The number of aromatic hydroxyl groups is 1. The minimum atomic E-state index is 0.292. The lowest BCUT2D eigenvalue weighted by molar-refractivity contribution is 0.475. The zero-order chi connectivity index (χ0) is 11.8. The van der Waals surface area contributed by atoms with Crippen LogP contribution in [0.25, 0.3) is 0 Å². The van der Waals surface area contributed by atoms with Gasteiger partial charge in [-0.2, -0.15) is 0 Å². The molecule has 2 aliphatic rings. The summed E-state index contributed by atoms with van der Waals surface area (Å²) in [5.74, 6) is 1.44. The van der Waals surface area contributed by atoms with Crippen LogP contribution < -0.4 is 4.90 Å². The Bertz CT molecular complexity index is 531. The third-order valence-electron chi connectivity index (χ3n) is 2.80. The molecule has 2 aliphatic heterocycles. The first-order chi connectivity index (χ1) is 8.24. The summed E-state index contributed by atoms with van der Waals surface area (Å²) >= 11 is 2.35. The van der Waals surface area contributed by atoms with Gasteiger partial charge in [0.1, 0.15) is 11.6 Å². The van der Waals surface area contributed by atoms with Crippen molar-refractivity contribution in [3.8, 4) is 5.75 Å². The van der Waals surface area contributed by atoms with E-state index in [1.807, 2.05) is 18.3 Å². The molecule has 2 heterocycles. The molecule has 86 valence electrons. The highest BCUT2D eigenvalue weighted by molar-refractivity contribution is 14.1. The van der Waals surface area contributed by atoms with Crippen molar-refractivity contribution < 1.29 is 5.11 Å². The molecule has 0 bridgehead atoms. The van der Waals surface area contributed by atoms with Crippen LogP contribution >= 0.6 is 22.6 Å². The Balaban J connectivity index is 1.95. The van der Waals surface area contributed by atoms with E-state index in [-0.39, 0.29) is 0 Å². The molecule has 1 aromatic rings. The lowest BCUT2D eigenvalue weighted by Crippen LogP contribution is -2.25. The molecule has 0 radical (unpaired) electrons. The van der Waals surface area contributed by atoms with Crippen molar-refractivity contribution in [2.24, 2.45) is 0 Å². The highest BCUT2D eigenvalue weighted by Gasteiger charge is 2.23. The van der Waals surface area contributed by atoms with Crippen LogP contribution in [0.15, 0.2) is 58.2 Å². The number of phenols is 1. The van der Waals surface area contributed by atoms with Crippen LogP contribution in [0, 0.1) is 0 Å². The summed E-state index contributed by atoms with van der Waals surface area (Å²) < 4.78 is 1.32. The van der Waals surface area contributed by atoms with Gasteiger partial charge in [-0.15, -0.1) is 0 Å². The second kappa shape index (κ2) is 4.10. The topological polar surface area (TPSA) is 26.7 Å². The maximum absolute atomic E-state index is 9.29. The van der Waals surface area contributed by atoms with Crippen molar-refractivity contribution in [2.45, 2.75) is 0 Å². The minimum absolute atomic E-state index is 0.292. The third-order valence-corrected chi connectivity index (χ3v) is 3.50. The normalized spacial score (nSPS) is 17.9. The van der Waals surface area contributed by atoms with Crippen LogP contribution in [0.4, 0.5) is 5.69 Å². The fourth-order valence-corrected chi connectivity index (χ4v) is 2.51. The Labute approximate surface area is 113 Å². The second-order valence-electron chi connectivity index (χ2n) is 3.95. The molecule has 3 rings (SSSR count). The Morgan fingerprint density at radius 3 is 2.59 bits per heavy atom. The molecule has 0 fully saturated rings. The number of benzene rings is 1. The van der Waals surface area contributed by atoms with Gasteiger partial charge >= 0.3 is 0 Å². The average molecular weight is 338 g/mol. The SMILES string of the molecule is Oc1ccc(N2C=CN3CC(I)=CC=C32)cc1. The zero-order valence-corrected chi connectivity index (χ0v) is 11.2. The molecule has 0 saturated carbocycles. The highest BCUT2D eigenvalue weighted by Crippen LogP contribution is 2.31. The first-order valence-corrected chi connectivity index (χ1v) is 6.41. The summed E-state index contributed by atoms with van der Waals surface area (Å²) in [6.45, 7) is 0.928. The summed E-state index contributed by atoms with van der Waals surface area (Å²) in [7, 11) is 0. The maximum atomic E-state index is 9.29. The Morgan fingerprint density at radius 2 is 1.82 bits per heavy atom. The summed E-state index contributed by atoms with van der Waals surface area (Å²) in [5.41, 5.74) is 1.05. The van der Waals surface area contributed by atoms with E-state index >= 15 is 0 Å². The van der Waals surface area contributed by atoms with Crippen molar-refractivity contribution in [1.82, 2.24) is 4.90 Å². The number of halogens is 1. The van der Waals surface area contributed by atoms with E-state index < -0.39 is 0 Å². The molecule has 0 atom stereocenters. The summed E-state index contributed by atoms with van der Waals surface area (Å²) in [6.07, 6.45) is 8.36. The molecule has 1 N–H and O–H groups in total. The molecule has 0 saturated heterocycles. The molecule has 0 amide bonds. The fourth-order valence-electron chi connectivity index (χ4n) is 1.96. The molecular weight excluding hydrogens is 327 g/mol. The van der Waals surface area contributed by atoms with Gasteiger partial charge in [-0.05, 0) is 59.0 Å². The third kappa shape index (κ3) is 1.93. The standard InChI is InChI=1S/C13H11IN2O/c14-10-1-6-13-15(9-10)7-8-16(13)11-2-4-12(17)5-3-11/h1-8,17H,9H2. The van der Waals surface area contributed by atoms with E-state index in [9.17, 15) is 5.11 Å². The number of anilines is 1. The van der Waals surface area contributed by atoms with E-state index in [4.69, 9.17) is 0 Å². The number of hydrogen-bond donors (Lipinski definition) is 1. The van der Waals surface area contributed by atoms with E-state index in [0.717, 1.165) is 18.1 Å². The molecule has 0 aliphatic carbocycles. The van der Waals surface area contributed by atoms with Crippen molar-refractivity contribution in [3.05, 3.63) is 58.2 Å². The highest BCUT2D eigenvalue weighted by atomic mass is 127. The van der Waals surface area contributed by atoms with Gasteiger partial charge in [0, 0.05) is 21.7 Å². The van der Waals surface area contributed by atoms with Gasteiger partial charge in [-0.3, -0.25) is 0 Å². The number of phenolic OH excluding ortho intramolecular Hbond substituents is 1. The molecule has 4 heteroatoms. The monoisotopic (exact) mass is 338 g/mol. The molecular formula is C13H11IN2O. The van der Waals surface area contributed by atoms with Crippen LogP contribution in [0.1, 0.15) is 0 Å². The van der Waals surface area contributed by atoms with Gasteiger partial charge < -0.3 is 14.9 Å². The van der Waals surface area contributed by atoms with Gasteiger partial charge in [0.2, 0.25) is 0 Å². The number of rotatable bonds is 1. The van der Waals surface area contributed by atoms with E-state index in [2.05, 4.69) is 50.7 Å². The first-order valence-electron chi connectivity index (χ1n) is 5.33. The number of allylic oxidation sites excluding steroid dienone is 2. The van der Waals surface area contributed by atoms with Crippen molar-refractivity contribution in [3.63, 3.8) is 0 Å². The quantitative estimate of drug-likeness (QED) is 0.797. The van der Waals surface area contributed by atoms with Gasteiger partial charge in [-0.25, -0.2) is 0 Å².